The smallest absolute Gasteiger partial charge is 0.271 e. The number of anilines is 1. The van der Waals surface area contributed by atoms with E-state index in [-0.39, 0.29) is 11.9 Å². The van der Waals surface area contributed by atoms with E-state index < -0.39 is 0 Å². The molecule has 1 fully saturated rings. The number of carbonyl (C=O) groups excluding carboxylic acids is 1. The van der Waals surface area contributed by atoms with Gasteiger partial charge in [0.1, 0.15) is 5.75 Å². The van der Waals surface area contributed by atoms with Crippen LogP contribution in [0.1, 0.15) is 37.0 Å². The molecule has 0 unspecified atom stereocenters. The number of rotatable bonds is 3. The number of hydrogen-bond donors (Lipinski definition) is 0. The van der Waals surface area contributed by atoms with Crippen LogP contribution in [0.5, 0.6) is 5.75 Å². The number of fused-ring (bicyclic) bond motifs is 1. The molecule has 2 aromatic carbocycles. The van der Waals surface area contributed by atoms with Crippen molar-refractivity contribution in [2.24, 2.45) is 4.99 Å². The third-order valence-electron chi connectivity index (χ3n) is 4.76. The number of benzene rings is 2. The number of aliphatic imine (C=N–C) groups is 1. The molecule has 4 nitrogen and oxygen atoms in total. The van der Waals surface area contributed by atoms with Gasteiger partial charge in [0.05, 0.1) is 17.2 Å². The lowest BCUT2D eigenvalue weighted by Gasteiger charge is -2.18. The molecular weight excluding hydrogens is 368 g/mol. The average molecular weight is 393 g/mol. The SMILES string of the molecule is Cc1ccccc1N1C(=O)/C(=C/c2ccc3c(c2)CCCO3)SC1=NC(C)C. The lowest BCUT2D eigenvalue weighted by Crippen LogP contribution is -2.30. The minimum atomic E-state index is -0.0207. The second kappa shape index (κ2) is 7.84. The van der Waals surface area contributed by atoms with Crippen molar-refractivity contribution in [1.29, 1.82) is 0 Å². The highest BCUT2D eigenvalue weighted by molar-refractivity contribution is 8.19. The summed E-state index contributed by atoms with van der Waals surface area (Å²) in [5.41, 5.74) is 4.18. The van der Waals surface area contributed by atoms with E-state index in [1.165, 1.54) is 17.3 Å². The van der Waals surface area contributed by atoms with E-state index in [0.717, 1.165) is 47.2 Å². The molecule has 0 aliphatic carbocycles. The van der Waals surface area contributed by atoms with Gasteiger partial charge in [0, 0.05) is 6.04 Å². The summed E-state index contributed by atoms with van der Waals surface area (Å²) in [6, 6.07) is 14.2. The fraction of sp³-hybridized carbons (Fsp3) is 0.304. The third kappa shape index (κ3) is 3.72. The number of nitrogens with zero attached hydrogens (tertiary/aromatic N) is 2. The van der Waals surface area contributed by atoms with Crippen LogP contribution in [0.25, 0.3) is 6.08 Å². The molecule has 2 aliphatic heterocycles. The summed E-state index contributed by atoms with van der Waals surface area (Å²) in [6.45, 7) is 6.85. The topological polar surface area (TPSA) is 41.9 Å². The van der Waals surface area contributed by atoms with Gasteiger partial charge in [-0.2, -0.15) is 0 Å². The van der Waals surface area contributed by atoms with Crippen molar-refractivity contribution < 1.29 is 9.53 Å². The predicted octanol–water partition coefficient (Wildman–Crippen LogP) is 5.21. The van der Waals surface area contributed by atoms with Gasteiger partial charge in [0.15, 0.2) is 5.17 Å². The van der Waals surface area contributed by atoms with Crippen LogP contribution in [0, 0.1) is 6.92 Å². The number of carbonyl (C=O) groups is 1. The van der Waals surface area contributed by atoms with Gasteiger partial charge < -0.3 is 4.74 Å². The number of para-hydroxylation sites is 1. The molecule has 0 bridgehead atoms. The molecule has 2 heterocycles. The Morgan fingerprint density at radius 3 is 2.82 bits per heavy atom. The minimum Gasteiger partial charge on any atom is -0.493 e. The molecule has 28 heavy (non-hydrogen) atoms. The Morgan fingerprint density at radius 1 is 1.21 bits per heavy atom. The highest BCUT2D eigenvalue weighted by atomic mass is 32.2. The second-order valence-corrected chi connectivity index (χ2v) is 8.37. The summed E-state index contributed by atoms with van der Waals surface area (Å²) >= 11 is 1.45. The van der Waals surface area contributed by atoms with Crippen molar-refractivity contribution in [3.05, 3.63) is 64.1 Å². The summed E-state index contributed by atoms with van der Waals surface area (Å²) < 4.78 is 5.70. The Hall–Kier alpha value is -2.53. The third-order valence-corrected chi connectivity index (χ3v) is 5.74. The first-order chi connectivity index (χ1) is 13.5. The van der Waals surface area contributed by atoms with Crippen LogP contribution in [-0.2, 0) is 11.2 Å². The molecule has 0 N–H and O–H groups in total. The van der Waals surface area contributed by atoms with Gasteiger partial charge in [-0.25, -0.2) is 0 Å². The Balaban J connectivity index is 1.72. The number of amidine groups is 1. The van der Waals surface area contributed by atoms with Gasteiger partial charge in [-0.15, -0.1) is 0 Å². The summed E-state index contributed by atoms with van der Waals surface area (Å²) in [5.74, 6) is 0.940. The van der Waals surface area contributed by atoms with E-state index in [4.69, 9.17) is 9.73 Å². The first-order valence-electron chi connectivity index (χ1n) is 9.66. The van der Waals surface area contributed by atoms with Crippen LogP contribution in [-0.4, -0.2) is 23.7 Å². The monoisotopic (exact) mass is 392 g/mol. The molecule has 4 rings (SSSR count). The first kappa shape index (κ1) is 18.8. The van der Waals surface area contributed by atoms with Crippen molar-refractivity contribution in [2.45, 2.75) is 39.7 Å². The molecule has 2 aromatic rings. The van der Waals surface area contributed by atoms with E-state index in [1.807, 2.05) is 63.2 Å². The molecular formula is C23H24N2O2S. The highest BCUT2D eigenvalue weighted by Gasteiger charge is 2.35. The number of thioether (sulfide) groups is 1. The maximum absolute atomic E-state index is 13.3. The van der Waals surface area contributed by atoms with Gasteiger partial charge in [0.25, 0.3) is 5.91 Å². The van der Waals surface area contributed by atoms with Crippen LogP contribution in [0.4, 0.5) is 5.69 Å². The van der Waals surface area contributed by atoms with Crippen LogP contribution in [0.15, 0.2) is 52.4 Å². The van der Waals surface area contributed by atoms with Crippen LogP contribution < -0.4 is 9.64 Å². The van der Waals surface area contributed by atoms with E-state index in [1.54, 1.807) is 4.90 Å². The Morgan fingerprint density at radius 2 is 2.04 bits per heavy atom. The van der Waals surface area contributed by atoms with Crippen molar-refractivity contribution in [3.63, 3.8) is 0 Å². The summed E-state index contributed by atoms with van der Waals surface area (Å²) in [6.07, 6.45) is 4.02. The van der Waals surface area contributed by atoms with Crippen molar-refractivity contribution >= 4 is 34.6 Å². The summed E-state index contributed by atoms with van der Waals surface area (Å²) in [5, 5.41) is 0.738. The average Bonchev–Trinajstić information content (AvgIpc) is 2.96. The van der Waals surface area contributed by atoms with Crippen molar-refractivity contribution in [2.75, 3.05) is 11.5 Å². The molecule has 0 radical (unpaired) electrons. The molecule has 1 amide bonds. The van der Waals surface area contributed by atoms with Gasteiger partial charge in [-0.3, -0.25) is 14.7 Å². The molecule has 0 aromatic heterocycles. The zero-order valence-electron chi connectivity index (χ0n) is 16.4. The molecule has 0 spiro atoms. The summed E-state index contributed by atoms with van der Waals surface area (Å²) in [4.78, 5) is 20.4. The normalized spacial score (nSPS) is 19.4. The van der Waals surface area contributed by atoms with Crippen molar-refractivity contribution in [1.82, 2.24) is 0 Å². The van der Waals surface area contributed by atoms with Crippen LogP contribution in [0.2, 0.25) is 0 Å². The lowest BCUT2D eigenvalue weighted by molar-refractivity contribution is -0.113. The molecule has 0 atom stereocenters. The van der Waals surface area contributed by atoms with E-state index in [2.05, 4.69) is 6.07 Å². The fourth-order valence-corrected chi connectivity index (χ4v) is 4.54. The quantitative estimate of drug-likeness (QED) is 0.674. The molecule has 2 aliphatic rings. The lowest BCUT2D eigenvalue weighted by atomic mass is 10.0. The Bertz CT molecular complexity index is 978. The largest absolute Gasteiger partial charge is 0.493 e. The predicted molar refractivity (Wildman–Crippen MR) is 117 cm³/mol. The zero-order chi connectivity index (χ0) is 19.7. The van der Waals surface area contributed by atoms with Gasteiger partial charge in [-0.05, 0) is 86.3 Å². The van der Waals surface area contributed by atoms with Gasteiger partial charge in [-0.1, -0.05) is 24.3 Å². The van der Waals surface area contributed by atoms with E-state index in [9.17, 15) is 4.79 Å². The summed E-state index contributed by atoms with van der Waals surface area (Å²) in [7, 11) is 0. The van der Waals surface area contributed by atoms with E-state index in [0.29, 0.717) is 4.91 Å². The number of aryl methyl sites for hydroxylation is 2. The molecule has 144 valence electrons. The zero-order valence-corrected chi connectivity index (χ0v) is 17.3. The first-order valence-corrected chi connectivity index (χ1v) is 10.5. The van der Waals surface area contributed by atoms with E-state index >= 15 is 0 Å². The fourth-order valence-electron chi connectivity index (χ4n) is 3.43. The Kier molecular flexibility index (Phi) is 5.27. The maximum Gasteiger partial charge on any atom is 0.271 e. The van der Waals surface area contributed by atoms with Gasteiger partial charge >= 0.3 is 0 Å². The molecule has 1 saturated heterocycles. The van der Waals surface area contributed by atoms with Crippen LogP contribution in [0.3, 0.4) is 0 Å². The second-order valence-electron chi connectivity index (χ2n) is 7.36. The Labute approximate surface area is 170 Å². The molecule has 5 heteroatoms. The molecule has 0 saturated carbocycles. The number of amides is 1. The highest BCUT2D eigenvalue weighted by Crippen LogP contribution is 2.38. The van der Waals surface area contributed by atoms with Crippen LogP contribution >= 0.6 is 11.8 Å². The number of ether oxygens (including phenoxy) is 1. The standard InChI is InChI=1S/C23H24N2O2S/c1-15(2)24-23-25(19-9-5-4-7-16(19)3)22(26)21(28-23)14-17-10-11-20-18(13-17)8-6-12-27-20/h4-5,7,9-11,13-15H,6,8,12H2,1-3H3/b21-14-,24-23?. The van der Waals surface area contributed by atoms with Crippen molar-refractivity contribution in [3.8, 4) is 5.75 Å². The maximum atomic E-state index is 13.3. The number of hydrogen-bond acceptors (Lipinski definition) is 4. The van der Waals surface area contributed by atoms with Gasteiger partial charge in [0.2, 0.25) is 0 Å². The minimum absolute atomic E-state index is 0.0207.